The Morgan fingerprint density at radius 3 is 2.48 bits per heavy atom. The minimum absolute atomic E-state index is 0.140. The zero-order valence-corrected chi connectivity index (χ0v) is 14.4. The lowest BCUT2D eigenvalue weighted by molar-refractivity contribution is -0.123. The number of carbonyl (C=O) groups is 2. The summed E-state index contributed by atoms with van der Waals surface area (Å²) >= 11 is 0. The molecule has 2 aromatic carbocycles. The van der Waals surface area contributed by atoms with Gasteiger partial charge in [-0.3, -0.25) is 4.79 Å². The highest BCUT2D eigenvalue weighted by molar-refractivity contribution is 5.89. The number of hydrazone groups is 1. The molecule has 0 aliphatic rings. The molecule has 0 bridgehead atoms. The Morgan fingerprint density at radius 1 is 1.16 bits per heavy atom. The molecule has 130 valence electrons. The van der Waals surface area contributed by atoms with Gasteiger partial charge in [-0.15, -0.1) is 0 Å². The molecule has 0 aliphatic heterocycles. The first-order valence-electron chi connectivity index (χ1n) is 7.72. The van der Waals surface area contributed by atoms with Crippen molar-refractivity contribution in [2.24, 2.45) is 5.10 Å². The second-order valence-corrected chi connectivity index (χ2v) is 5.71. The molecule has 0 fully saturated rings. The summed E-state index contributed by atoms with van der Waals surface area (Å²) in [4.78, 5) is 22.6. The first kappa shape index (κ1) is 18.2. The molecule has 25 heavy (non-hydrogen) atoms. The highest BCUT2D eigenvalue weighted by atomic mass is 16.5. The van der Waals surface area contributed by atoms with Crippen LogP contribution in [0.2, 0.25) is 0 Å². The fourth-order valence-electron chi connectivity index (χ4n) is 2.22. The second-order valence-electron chi connectivity index (χ2n) is 5.71. The standard InChI is InChI=1S/C19H20N2O4/c1-12-8-13(2)14(3)17(9-12)25-11-18(22)21-20-10-15-4-6-16(7-5-15)19(23)24/h4-10H,11H2,1-3H3,(H,21,22)(H,23,24)/b20-10+. The molecule has 2 aromatic rings. The van der Waals surface area contributed by atoms with Crippen molar-refractivity contribution in [1.29, 1.82) is 0 Å². The Morgan fingerprint density at radius 2 is 1.84 bits per heavy atom. The Balaban J connectivity index is 1.87. The zero-order chi connectivity index (χ0) is 18.4. The van der Waals surface area contributed by atoms with E-state index in [1.54, 1.807) is 12.1 Å². The Hall–Kier alpha value is -3.15. The summed E-state index contributed by atoms with van der Waals surface area (Å²) in [5.41, 5.74) is 6.43. The van der Waals surface area contributed by atoms with Crippen LogP contribution in [0.15, 0.2) is 41.5 Å². The quantitative estimate of drug-likeness (QED) is 0.625. The van der Waals surface area contributed by atoms with E-state index < -0.39 is 5.97 Å². The number of rotatable bonds is 6. The lowest BCUT2D eigenvalue weighted by atomic mass is 10.1. The maximum absolute atomic E-state index is 11.8. The number of nitrogens with zero attached hydrogens (tertiary/aromatic N) is 1. The van der Waals surface area contributed by atoms with Gasteiger partial charge >= 0.3 is 5.97 Å². The molecule has 0 spiro atoms. The Kier molecular flexibility index (Phi) is 5.89. The highest BCUT2D eigenvalue weighted by Crippen LogP contribution is 2.23. The summed E-state index contributed by atoms with van der Waals surface area (Å²) in [7, 11) is 0. The van der Waals surface area contributed by atoms with Crippen LogP contribution in [-0.2, 0) is 4.79 Å². The molecule has 0 radical (unpaired) electrons. The summed E-state index contributed by atoms with van der Waals surface area (Å²) in [6.45, 7) is 5.77. The molecule has 6 heteroatoms. The van der Waals surface area contributed by atoms with E-state index >= 15 is 0 Å². The van der Waals surface area contributed by atoms with E-state index in [9.17, 15) is 9.59 Å². The lowest BCUT2D eigenvalue weighted by Crippen LogP contribution is -2.24. The topological polar surface area (TPSA) is 88.0 Å². The number of hydrogen-bond donors (Lipinski definition) is 2. The normalized spacial score (nSPS) is 10.7. The van der Waals surface area contributed by atoms with Gasteiger partial charge < -0.3 is 9.84 Å². The molecule has 0 aromatic heterocycles. The maximum atomic E-state index is 11.8. The predicted molar refractivity (Wildman–Crippen MR) is 95.3 cm³/mol. The molecule has 0 aliphatic carbocycles. The average molecular weight is 340 g/mol. The number of aromatic carboxylic acids is 1. The van der Waals surface area contributed by atoms with E-state index in [0.29, 0.717) is 11.3 Å². The van der Waals surface area contributed by atoms with Gasteiger partial charge in [0.25, 0.3) is 5.91 Å². The molecule has 6 nitrogen and oxygen atoms in total. The molecule has 0 unspecified atom stereocenters. The van der Waals surface area contributed by atoms with E-state index in [0.717, 1.165) is 16.7 Å². The van der Waals surface area contributed by atoms with Gasteiger partial charge in [-0.2, -0.15) is 5.10 Å². The minimum Gasteiger partial charge on any atom is -0.483 e. The lowest BCUT2D eigenvalue weighted by Gasteiger charge is -2.11. The van der Waals surface area contributed by atoms with Crippen molar-refractivity contribution in [2.45, 2.75) is 20.8 Å². The number of carboxylic acid groups (broad SMARTS) is 1. The molecular weight excluding hydrogens is 320 g/mol. The highest BCUT2D eigenvalue weighted by Gasteiger charge is 2.07. The third-order valence-electron chi connectivity index (χ3n) is 3.68. The van der Waals surface area contributed by atoms with E-state index in [-0.39, 0.29) is 18.1 Å². The number of benzene rings is 2. The summed E-state index contributed by atoms with van der Waals surface area (Å²) in [6.07, 6.45) is 1.44. The van der Waals surface area contributed by atoms with Crippen LogP contribution in [-0.4, -0.2) is 29.8 Å². The van der Waals surface area contributed by atoms with Gasteiger partial charge in [0, 0.05) is 0 Å². The van der Waals surface area contributed by atoms with E-state index in [2.05, 4.69) is 16.6 Å². The van der Waals surface area contributed by atoms with Crippen LogP contribution in [0.4, 0.5) is 0 Å². The summed E-state index contributed by atoms with van der Waals surface area (Å²) in [6, 6.07) is 10.1. The fourth-order valence-corrected chi connectivity index (χ4v) is 2.22. The zero-order valence-electron chi connectivity index (χ0n) is 14.4. The Bertz CT molecular complexity index is 811. The molecule has 0 saturated heterocycles. The molecular formula is C19H20N2O4. The fraction of sp³-hybridized carbons (Fsp3) is 0.211. The third kappa shape index (κ3) is 5.17. The smallest absolute Gasteiger partial charge is 0.335 e. The van der Waals surface area contributed by atoms with Gasteiger partial charge in [0.2, 0.25) is 0 Å². The number of carbonyl (C=O) groups excluding carboxylic acids is 1. The van der Waals surface area contributed by atoms with E-state index in [1.165, 1.54) is 18.3 Å². The molecule has 0 saturated carbocycles. The molecule has 2 N–H and O–H groups in total. The van der Waals surface area contributed by atoms with Crippen molar-refractivity contribution in [3.8, 4) is 5.75 Å². The number of aryl methyl sites for hydroxylation is 2. The number of ether oxygens (including phenoxy) is 1. The molecule has 0 heterocycles. The number of carboxylic acids is 1. The summed E-state index contributed by atoms with van der Waals surface area (Å²) in [5, 5.41) is 12.7. The van der Waals surface area contributed by atoms with Crippen LogP contribution in [0.5, 0.6) is 5.75 Å². The van der Waals surface area contributed by atoms with Gasteiger partial charge in [-0.25, -0.2) is 10.2 Å². The van der Waals surface area contributed by atoms with Crippen molar-refractivity contribution >= 4 is 18.1 Å². The van der Waals surface area contributed by atoms with Gasteiger partial charge in [0.15, 0.2) is 6.61 Å². The van der Waals surface area contributed by atoms with E-state index in [1.807, 2.05) is 26.8 Å². The third-order valence-corrected chi connectivity index (χ3v) is 3.68. The SMILES string of the molecule is Cc1cc(C)c(C)c(OCC(=O)N/N=C/c2ccc(C(=O)O)cc2)c1. The van der Waals surface area contributed by atoms with Crippen LogP contribution in [0.3, 0.4) is 0 Å². The largest absolute Gasteiger partial charge is 0.483 e. The van der Waals surface area contributed by atoms with Crippen molar-refractivity contribution in [3.63, 3.8) is 0 Å². The minimum atomic E-state index is -0.990. The van der Waals surface area contributed by atoms with Gasteiger partial charge in [0.05, 0.1) is 11.8 Å². The first-order valence-corrected chi connectivity index (χ1v) is 7.72. The second kappa shape index (κ2) is 8.10. The van der Waals surface area contributed by atoms with Crippen LogP contribution in [0.25, 0.3) is 0 Å². The first-order chi connectivity index (χ1) is 11.9. The van der Waals surface area contributed by atoms with Gasteiger partial charge in [0.1, 0.15) is 5.75 Å². The number of amides is 1. The molecule has 0 atom stereocenters. The van der Waals surface area contributed by atoms with Gasteiger partial charge in [-0.1, -0.05) is 18.2 Å². The monoisotopic (exact) mass is 340 g/mol. The van der Waals surface area contributed by atoms with Crippen LogP contribution < -0.4 is 10.2 Å². The van der Waals surface area contributed by atoms with Crippen molar-refractivity contribution in [2.75, 3.05) is 6.61 Å². The average Bonchev–Trinajstić information content (AvgIpc) is 2.57. The Labute approximate surface area is 146 Å². The van der Waals surface area contributed by atoms with Gasteiger partial charge in [-0.05, 0) is 61.2 Å². The number of hydrogen-bond acceptors (Lipinski definition) is 4. The van der Waals surface area contributed by atoms with Crippen LogP contribution in [0, 0.1) is 20.8 Å². The van der Waals surface area contributed by atoms with E-state index in [4.69, 9.17) is 9.84 Å². The molecule has 1 amide bonds. The number of nitrogens with one attached hydrogen (secondary N) is 1. The van der Waals surface area contributed by atoms with Crippen LogP contribution in [0.1, 0.15) is 32.6 Å². The molecule has 2 rings (SSSR count). The predicted octanol–water partition coefficient (Wildman–Crippen LogP) is 2.84. The summed E-state index contributed by atoms with van der Waals surface area (Å²) in [5.74, 6) is -0.687. The van der Waals surface area contributed by atoms with Crippen molar-refractivity contribution in [1.82, 2.24) is 5.43 Å². The summed E-state index contributed by atoms with van der Waals surface area (Å²) < 4.78 is 5.55. The van der Waals surface area contributed by atoms with Crippen molar-refractivity contribution in [3.05, 3.63) is 64.2 Å². The maximum Gasteiger partial charge on any atom is 0.335 e. The van der Waals surface area contributed by atoms with Crippen molar-refractivity contribution < 1.29 is 19.4 Å². The van der Waals surface area contributed by atoms with Crippen LogP contribution >= 0.6 is 0 Å².